The number of ether oxygens (including phenoxy) is 2. The fraction of sp³-hybridized carbons (Fsp3) is 0.471. The highest BCUT2D eigenvalue weighted by atomic mass is 32.2. The number of aryl methyl sites for hydroxylation is 1. The van der Waals surface area contributed by atoms with Gasteiger partial charge in [0, 0.05) is 4.90 Å². The molecule has 1 aliphatic heterocycles. The van der Waals surface area contributed by atoms with Gasteiger partial charge in [0.15, 0.2) is 0 Å². The average molecular weight is 354 g/mol. The predicted octanol–water partition coefficient (Wildman–Crippen LogP) is 0.872. The molecule has 1 saturated heterocycles. The maximum atomic E-state index is 12.3. The van der Waals surface area contributed by atoms with Crippen LogP contribution in [0.2, 0.25) is 0 Å². The molecule has 3 N–H and O–H groups in total. The molecule has 0 aromatic heterocycles. The lowest BCUT2D eigenvalue weighted by Crippen LogP contribution is -2.57. The molecule has 5 atom stereocenters. The molecule has 132 valence electrons. The lowest BCUT2D eigenvalue weighted by molar-refractivity contribution is -0.200. The van der Waals surface area contributed by atoms with Crippen LogP contribution in [0.5, 0.6) is 0 Å². The fourth-order valence-corrected chi connectivity index (χ4v) is 3.60. The zero-order chi connectivity index (χ0) is 17.7. The van der Waals surface area contributed by atoms with E-state index in [0.717, 1.165) is 10.5 Å². The van der Waals surface area contributed by atoms with Gasteiger partial charge in [-0.15, -0.1) is 0 Å². The van der Waals surface area contributed by atoms with Gasteiger partial charge in [-0.25, -0.2) is 0 Å². The van der Waals surface area contributed by atoms with Crippen molar-refractivity contribution in [2.75, 3.05) is 13.2 Å². The SMILES string of the molecule is C=CCOC(=O)[C@@H]1[C@@H](O)[C@H](O)[C@@H](CO)O[C@H]1Sc1ccc(C)cc1. The molecule has 6 nitrogen and oxygen atoms in total. The lowest BCUT2D eigenvalue weighted by atomic mass is 9.92. The Morgan fingerprint density at radius 3 is 2.58 bits per heavy atom. The Morgan fingerprint density at radius 1 is 1.33 bits per heavy atom. The van der Waals surface area contributed by atoms with Crippen LogP contribution in [0.3, 0.4) is 0 Å². The molecule has 1 fully saturated rings. The lowest BCUT2D eigenvalue weighted by Gasteiger charge is -2.40. The van der Waals surface area contributed by atoms with Crippen molar-refractivity contribution >= 4 is 17.7 Å². The Balaban J connectivity index is 2.21. The number of hydrogen-bond acceptors (Lipinski definition) is 7. The van der Waals surface area contributed by atoms with Gasteiger partial charge in [-0.05, 0) is 19.1 Å². The van der Waals surface area contributed by atoms with Crippen LogP contribution in [0.25, 0.3) is 0 Å². The van der Waals surface area contributed by atoms with E-state index in [0.29, 0.717) is 0 Å². The van der Waals surface area contributed by atoms with Crippen LogP contribution >= 0.6 is 11.8 Å². The third kappa shape index (κ3) is 4.37. The summed E-state index contributed by atoms with van der Waals surface area (Å²) in [4.78, 5) is 13.1. The summed E-state index contributed by atoms with van der Waals surface area (Å²) < 4.78 is 10.7. The molecule has 24 heavy (non-hydrogen) atoms. The Bertz CT molecular complexity index is 561. The molecule has 1 aliphatic rings. The van der Waals surface area contributed by atoms with Crippen LogP contribution < -0.4 is 0 Å². The van der Waals surface area contributed by atoms with Gasteiger partial charge in [-0.2, -0.15) is 0 Å². The number of aliphatic hydroxyl groups is 3. The van der Waals surface area contributed by atoms with Crippen LogP contribution in [0, 0.1) is 12.8 Å². The molecule has 0 aliphatic carbocycles. The van der Waals surface area contributed by atoms with Crippen LogP contribution in [0.1, 0.15) is 5.56 Å². The van der Waals surface area contributed by atoms with Crippen molar-refractivity contribution in [2.24, 2.45) is 5.92 Å². The van der Waals surface area contributed by atoms with E-state index in [1.54, 1.807) is 0 Å². The molecule has 0 amide bonds. The maximum Gasteiger partial charge on any atom is 0.315 e. The fourth-order valence-electron chi connectivity index (χ4n) is 2.42. The van der Waals surface area contributed by atoms with Crippen molar-refractivity contribution in [1.82, 2.24) is 0 Å². The number of rotatable bonds is 6. The molecule has 0 bridgehead atoms. The Labute approximate surface area is 145 Å². The number of thioether (sulfide) groups is 1. The summed E-state index contributed by atoms with van der Waals surface area (Å²) in [6.45, 7) is 4.98. The number of carbonyl (C=O) groups is 1. The highest BCUT2D eigenvalue weighted by molar-refractivity contribution is 7.99. The van der Waals surface area contributed by atoms with Crippen molar-refractivity contribution in [2.45, 2.75) is 35.6 Å². The van der Waals surface area contributed by atoms with Crippen LogP contribution in [-0.2, 0) is 14.3 Å². The first-order chi connectivity index (χ1) is 11.5. The predicted molar refractivity (Wildman–Crippen MR) is 89.4 cm³/mol. The minimum absolute atomic E-state index is 0.00347. The van der Waals surface area contributed by atoms with Gasteiger partial charge in [0.25, 0.3) is 0 Å². The molecule has 2 rings (SSSR count). The number of esters is 1. The standard InChI is InChI=1S/C17H22O6S/c1-3-8-22-16(21)13-15(20)14(19)12(9-18)23-17(13)24-11-6-4-10(2)5-7-11/h3-7,12-15,17-20H,1,8-9H2,2H3/t12-,13+,14-,15-,17+/m1/s1. The van der Waals surface area contributed by atoms with E-state index in [1.165, 1.54) is 17.8 Å². The summed E-state index contributed by atoms with van der Waals surface area (Å²) in [7, 11) is 0. The van der Waals surface area contributed by atoms with E-state index in [4.69, 9.17) is 9.47 Å². The topological polar surface area (TPSA) is 96.2 Å². The average Bonchev–Trinajstić information content (AvgIpc) is 2.58. The quantitative estimate of drug-likeness (QED) is 0.515. The van der Waals surface area contributed by atoms with Gasteiger partial charge in [-0.1, -0.05) is 42.1 Å². The van der Waals surface area contributed by atoms with E-state index in [2.05, 4.69) is 6.58 Å². The summed E-state index contributed by atoms with van der Waals surface area (Å²) >= 11 is 1.24. The zero-order valence-electron chi connectivity index (χ0n) is 13.4. The van der Waals surface area contributed by atoms with E-state index in [9.17, 15) is 20.1 Å². The van der Waals surface area contributed by atoms with Gasteiger partial charge >= 0.3 is 5.97 Å². The normalized spacial score (nSPS) is 29.9. The second kappa shape index (κ2) is 8.64. The number of carbonyl (C=O) groups excluding carboxylic acids is 1. The van der Waals surface area contributed by atoms with Gasteiger partial charge in [-0.3, -0.25) is 4.79 Å². The van der Waals surface area contributed by atoms with Crippen molar-refractivity contribution in [3.8, 4) is 0 Å². The first-order valence-electron chi connectivity index (χ1n) is 7.61. The second-order valence-corrected chi connectivity index (χ2v) is 6.75. The molecule has 0 spiro atoms. The summed E-state index contributed by atoms with van der Waals surface area (Å²) in [5.74, 6) is -1.75. The molecule has 0 saturated carbocycles. The van der Waals surface area contributed by atoms with E-state index in [1.807, 2.05) is 31.2 Å². The van der Waals surface area contributed by atoms with E-state index >= 15 is 0 Å². The molecule has 1 heterocycles. The minimum atomic E-state index is -1.39. The molecular formula is C17H22O6S. The van der Waals surface area contributed by atoms with Gasteiger partial charge < -0.3 is 24.8 Å². The largest absolute Gasteiger partial charge is 0.461 e. The van der Waals surface area contributed by atoms with Crippen LogP contribution in [0.4, 0.5) is 0 Å². The monoisotopic (exact) mass is 354 g/mol. The summed E-state index contributed by atoms with van der Waals surface area (Å²) in [5, 5.41) is 29.7. The van der Waals surface area contributed by atoms with Crippen molar-refractivity contribution in [3.63, 3.8) is 0 Å². The third-order valence-electron chi connectivity index (χ3n) is 3.77. The first kappa shape index (κ1) is 19.0. The smallest absolute Gasteiger partial charge is 0.315 e. The zero-order valence-corrected chi connectivity index (χ0v) is 14.2. The first-order valence-corrected chi connectivity index (χ1v) is 8.49. The third-order valence-corrected chi connectivity index (χ3v) is 4.95. The number of benzene rings is 1. The number of aliphatic hydroxyl groups excluding tert-OH is 3. The Hall–Kier alpha value is -1.38. The van der Waals surface area contributed by atoms with Crippen molar-refractivity contribution < 1.29 is 29.6 Å². The number of hydrogen-bond donors (Lipinski definition) is 3. The van der Waals surface area contributed by atoms with Crippen molar-refractivity contribution in [1.29, 1.82) is 0 Å². The molecule has 0 unspecified atom stereocenters. The second-order valence-electron chi connectivity index (χ2n) is 5.58. The van der Waals surface area contributed by atoms with E-state index < -0.39 is 42.2 Å². The van der Waals surface area contributed by atoms with E-state index in [-0.39, 0.29) is 6.61 Å². The maximum absolute atomic E-state index is 12.3. The van der Waals surface area contributed by atoms with Crippen molar-refractivity contribution in [3.05, 3.63) is 42.5 Å². The summed E-state index contributed by atoms with van der Waals surface area (Å²) in [5.41, 5.74) is 0.301. The molecule has 7 heteroatoms. The summed E-state index contributed by atoms with van der Waals surface area (Å²) in [6, 6.07) is 7.59. The molecule has 1 aromatic carbocycles. The summed E-state index contributed by atoms with van der Waals surface area (Å²) in [6.07, 6.45) is -2.31. The Morgan fingerprint density at radius 2 is 2.00 bits per heavy atom. The molecular weight excluding hydrogens is 332 g/mol. The minimum Gasteiger partial charge on any atom is -0.461 e. The van der Waals surface area contributed by atoms with Gasteiger partial charge in [0.05, 0.1) is 12.7 Å². The Kier molecular flexibility index (Phi) is 6.82. The highest BCUT2D eigenvalue weighted by Gasteiger charge is 2.48. The van der Waals surface area contributed by atoms with Gasteiger partial charge in [0.2, 0.25) is 0 Å². The van der Waals surface area contributed by atoms with Gasteiger partial charge in [0.1, 0.15) is 30.2 Å². The highest BCUT2D eigenvalue weighted by Crippen LogP contribution is 2.37. The molecule has 1 aromatic rings. The van der Waals surface area contributed by atoms with Crippen LogP contribution in [0.15, 0.2) is 41.8 Å². The molecule has 0 radical (unpaired) electrons. The van der Waals surface area contributed by atoms with Crippen LogP contribution in [-0.4, -0.2) is 58.3 Å².